The van der Waals surface area contributed by atoms with E-state index in [4.69, 9.17) is 0 Å². The molecule has 2 unspecified atom stereocenters. The van der Waals surface area contributed by atoms with Crippen molar-refractivity contribution in [2.24, 2.45) is 5.92 Å². The van der Waals surface area contributed by atoms with Crippen LogP contribution >= 0.6 is 0 Å². The molecule has 1 aliphatic heterocycles. The molecule has 2 bridgehead atoms. The Labute approximate surface area is 144 Å². The molecule has 1 nitrogen and oxygen atoms in total. The van der Waals surface area contributed by atoms with Crippen LogP contribution in [0.4, 0.5) is 4.39 Å². The highest BCUT2D eigenvalue weighted by molar-refractivity contribution is 5.40. The summed E-state index contributed by atoms with van der Waals surface area (Å²) >= 11 is 0. The maximum absolute atomic E-state index is 13.8. The van der Waals surface area contributed by atoms with Crippen LogP contribution in [0.2, 0.25) is 0 Å². The van der Waals surface area contributed by atoms with Gasteiger partial charge in [-0.3, -0.25) is 4.90 Å². The number of piperidine rings is 1. The maximum atomic E-state index is 13.8. The molecular formula is C22H26FN. The molecule has 1 heterocycles. The second-order valence-electron chi connectivity index (χ2n) is 7.80. The summed E-state index contributed by atoms with van der Waals surface area (Å²) in [5, 5.41) is 0. The van der Waals surface area contributed by atoms with Crippen LogP contribution < -0.4 is 0 Å². The molecule has 2 aliphatic rings. The van der Waals surface area contributed by atoms with Gasteiger partial charge in [0.2, 0.25) is 0 Å². The fourth-order valence-electron chi connectivity index (χ4n) is 4.87. The average molecular weight is 323 g/mol. The first-order valence-electron chi connectivity index (χ1n) is 9.15. The van der Waals surface area contributed by atoms with Gasteiger partial charge in [-0.2, -0.15) is 0 Å². The van der Waals surface area contributed by atoms with E-state index in [1.54, 1.807) is 12.1 Å². The molecule has 2 aromatic carbocycles. The zero-order chi connectivity index (χ0) is 16.7. The number of hydrogen-bond donors (Lipinski definition) is 0. The van der Waals surface area contributed by atoms with Crippen molar-refractivity contribution < 1.29 is 4.39 Å². The Hall–Kier alpha value is -1.67. The second-order valence-corrected chi connectivity index (χ2v) is 7.80. The van der Waals surface area contributed by atoms with E-state index in [0.717, 1.165) is 32.4 Å². The highest BCUT2D eigenvalue weighted by atomic mass is 19.1. The van der Waals surface area contributed by atoms with Gasteiger partial charge in [0.1, 0.15) is 5.82 Å². The van der Waals surface area contributed by atoms with Gasteiger partial charge >= 0.3 is 0 Å². The van der Waals surface area contributed by atoms with Crippen LogP contribution in [-0.2, 0) is 18.3 Å². The minimum absolute atomic E-state index is 0.0906. The minimum atomic E-state index is -0.0906. The van der Waals surface area contributed by atoms with Gasteiger partial charge in [0.15, 0.2) is 0 Å². The van der Waals surface area contributed by atoms with Gasteiger partial charge in [0.25, 0.3) is 0 Å². The molecule has 0 radical (unpaired) electrons. The molecule has 0 amide bonds. The Kier molecular flexibility index (Phi) is 3.96. The summed E-state index contributed by atoms with van der Waals surface area (Å²) in [6.45, 7) is 6.95. The Morgan fingerprint density at radius 3 is 2.75 bits per heavy atom. The molecule has 1 fully saturated rings. The topological polar surface area (TPSA) is 3.24 Å². The lowest BCUT2D eigenvalue weighted by molar-refractivity contribution is 0.0321. The Balaban J connectivity index is 1.57. The smallest absolute Gasteiger partial charge is 0.123 e. The fourth-order valence-corrected chi connectivity index (χ4v) is 4.87. The van der Waals surface area contributed by atoms with E-state index in [1.165, 1.54) is 16.7 Å². The highest BCUT2D eigenvalue weighted by Crippen LogP contribution is 2.48. The summed E-state index contributed by atoms with van der Waals surface area (Å²) in [5.74, 6) is 0.475. The standard InChI is InChI=1S/C22H26FN/c1-16-21-14-18-8-9-19(23)15-20(18)22(16,2)11-13-24(21)12-10-17-6-4-3-5-7-17/h3-9,15-16,21H,10-14H2,1-2H3/t16?,21?,22-/m0/s1. The quantitative estimate of drug-likeness (QED) is 0.798. The Bertz CT molecular complexity index is 726. The third-order valence-corrected chi connectivity index (χ3v) is 6.62. The summed E-state index contributed by atoms with van der Waals surface area (Å²) < 4.78 is 13.8. The van der Waals surface area contributed by atoms with Gasteiger partial charge in [0.05, 0.1) is 0 Å². The largest absolute Gasteiger partial charge is 0.299 e. The lowest BCUT2D eigenvalue weighted by atomic mass is 9.59. The number of benzene rings is 2. The van der Waals surface area contributed by atoms with Gasteiger partial charge in [-0.15, -0.1) is 0 Å². The van der Waals surface area contributed by atoms with Crippen LogP contribution in [0.15, 0.2) is 48.5 Å². The first-order chi connectivity index (χ1) is 11.6. The lowest BCUT2D eigenvalue weighted by Crippen LogP contribution is -2.58. The van der Waals surface area contributed by atoms with E-state index in [1.807, 2.05) is 6.07 Å². The van der Waals surface area contributed by atoms with Gasteiger partial charge in [-0.1, -0.05) is 50.2 Å². The van der Waals surface area contributed by atoms with Gasteiger partial charge in [-0.25, -0.2) is 4.39 Å². The molecule has 2 aromatic rings. The van der Waals surface area contributed by atoms with E-state index in [0.29, 0.717) is 12.0 Å². The first-order valence-corrected chi connectivity index (χ1v) is 9.15. The predicted octanol–water partition coefficient (Wildman–Crippen LogP) is 4.59. The van der Waals surface area contributed by atoms with Gasteiger partial charge in [0, 0.05) is 12.6 Å². The summed E-state index contributed by atoms with van der Waals surface area (Å²) in [6, 6.07) is 16.8. The summed E-state index contributed by atoms with van der Waals surface area (Å²) in [4.78, 5) is 2.67. The average Bonchev–Trinajstić information content (AvgIpc) is 2.59. The van der Waals surface area contributed by atoms with Crippen LogP contribution in [0.1, 0.15) is 37.0 Å². The van der Waals surface area contributed by atoms with Crippen LogP contribution in [0, 0.1) is 11.7 Å². The molecule has 126 valence electrons. The molecular weight excluding hydrogens is 297 g/mol. The molecule has 0 N–H and O–H groups in total. The molecule has 4 rings (SSSR count). The third-order valence-electron chi connectivity index (χ3n) is 6.62. The number of halogens is 1. The van der Waals surface area contributed by atoms with Crippen molar-refractivity contribution in [1.82, 2.24) is 4.90 Å². The third kappa shape index (κ3) is 2.57. The van der Waals surface area contributed by atoms with Crippen molar-refractivity contribution in [3.05, 3.63) is 71.0 Å². The zero-order valence-electron chi connectivity index (χ0n) is 14.6. The summed E-state index contributed by atoms with van der Waals surface area (Å²) in [7, 11) is 0. The van der Waals surface area contributed by atoms with Crippen LogP contribution in [0.25, 0.3) is 0 Å². The van der Waals surface area contributed by atoms with Crippen molar-refractivity contribution in [1.29, 1.82) is 0 Å². The van der Waals surface area contributed by atoms with Crippen LogP contribution in [-0.4, -0.2) is 24.0 Å². The van der Waals surface area contributed by atoms with E-state index in [2.05, 4.69) is 49.1 Å². The number of hydrogen-bond acceptors (Lipinski definition) is 1. The van der Waals surface area contributed by atoms with Crippen molar-refractivity contribution in [3.8, 4) is 0 Å². The molecule has 24 heavy (non-hydrogen) atoms. The monoisotopic (exact) mass is 323 g/mol. The SMILES string of the molecule is CC1C2Cc3ccc(F)cc3[C@@]1(C)CCN2CCc1ccccc1. The van der Waals surface area contributed by atoms with Gasteiger partial charge in [-0.05, 0) is 66.0 Å². The van der Waals surface area contributed by atoms with Crippen molar-refractivity contribution in [3.63, 3.8) is 0 Å². The zero-order valence-corrected chi connectivity index (χ0v) is 14.6. The number of rotatable bonds is 3. The molecule has 3 atom stereocenters. The van der Waals surface area contributed by atoms with Crippen molar-refractivity contribution >= 4 is 0 Å². The fraction of sp³-hybridized carbons (Fsp3) is 0.455. The Morgan fingerprint density at radius 1 is 1.17 bits per heavy atom. The molecule has 0 saturated carbocycles. The number of fused-ring (bicyclic) bond motifs is 4. The minimum Gasteiger partial charge on any atom is -0.299 e. The van der Waals surface area contributed by atoms with Crippen molar-refractivity contribution in [2.75, 3.05) is 13.1 Å². The van der Waals surface area contributed by atoms with E-state index in [9.17, 15) is 4.39 Å². The molecule has 0 spiro atoms. The molecule has 0 aromatic heterocycles. The van der Waals surface area contributed by atoms with Crippen molar-refractivity contribution in [2.45, 2.75) is 44.6 Å². The van der Waals surface area contributed by atoms with E-state index >= 15 is 0 Å². The number of nitrogens with zero attached hydrogens (tertiary/aromatic N) is 1. The molecule has 1 aliphatic carbocycles. The van der Waals surface area contributed by atoms with E-state index < -0.39 is 0 Å². The lowest BCUT2D eigenvalue weighted by Gasteiger charge is -2.54. The molecule has 1 saturated heterocycles. The molecule has 2 heteroatoms. The summed E-state index contributed by atoms with van der Waals surface area (Å²) in [5.41, 5.74) is 4.14. The number of likely N-dealkylation sites (tertiary alicyclic amines) is 1. The highest BCUT2D eigenvalue weighted by Gasteiger charge is 2.48. The Morgan fingerprint density at radius 2 is 1.96 bits per heavy atom. The maximum Gasteiger partial charge on any atom is 0.123 e. The summed E-state index contributed by atoms with van der Waals surface area (Å²) in [6.07, 6.45) is 3.29. The predicted molar refractivity (Wildman–Crippen MR) is 96.7 cm³/mol. The normalized spacial score (nSPS) is 29.3. The van der Waals surface area contributed by atoms with E-state index in [-0.39, 0.29) is 11.2 Å². The second kappa shape index (κ2) is 6.00. The van der Waals surface area contributed by atoms with Gasteiger partial charge < -0.3 is 0 Å². The first kappa shape index (κ1) is 15.8. The van der Waals surface area contributed by atoms with Crippen LogP contribution in [0.5, 0.6) is 0 Å². The van der Waals surface area contributed by atoms with Crippen LogP contribution in [0.3, 0.4) is 0 Å².